The van der Waals surface area contributed by atoms with Crippen LogP contribution in [0.2, 0.25) is 0 Å². The van der Waals surface area contributed by atoms with E-state index >= 15 is 0 Å². The first-order valence-electron chi connectivity index (χ1n) is 7.72. The lowest BCUT2D eigenvalue weighted by Gasteiger charge is -2.33. The van der Waals surface area contributed by atoms with Crippen LogP contribution in [0.15, 0.2) is 6.20 Å². The van der Waals surface area contributed by atoms with E-state index in [1.807, 2.05) is 11.7 Å². The fraction of sp³-hybridized carbons (Fsp3) is 0.800. The van der Waals surface area contributed by atoms with Gasteiger partial charge >= 0.3 is 0 Å². The molecule has 2 heterocycles. The molecule has 1 aromatic rings. The Bertz CT molecular complexity index is 444. The molecule has 2 atom stereocenters. The van der Waals surface area contributed by atoms with Crippen LogP contribution in [0.3, 0.4) is 0 Å². The number of β-amino-alcohol motifs (C(OH)–C–C–N with tert-alkyl or cyclic N) is 2. The summed E-state index contributed by atoms with van der Waals surface area (Å²) in [5, 5.41) is 24.2. The van der Waals surface area contributed by atoms with Crippen LogP contribution in [0.1, 0.15) is 49.3 Å². The maximum atomic E-state index is 9.79. The van der Waals surface area contributed by atoms with E-state index in [9.17, 15) is 10.2 Å². The molecule has 0 amide bonds. The van der Waals surface area contributed by atoms with E-state index in [4.69, 9.17) is 0 Å². The Morgan fingerprint density at radius 2 is 1.85 bits per heavy atom. The molecule has 0 aromatic carbocycles. The number of piperidine rings is 1. The molecule has 2 fully saturated rings. The molecular formula is C15H25N3O2. The van der Waals surface area contributed by atoms with Crippen molar-refractivity contribution in [2.24, 2.45) is 7.05 Å². The molecule has 1 saturated heterocycles. The maximum Gasteiger partial charge on any atom is 0.0700 e. The highest BCUT2D eigenvalue weighted by atomic mass is 16.3. The van der Waals surface area contributed by atoms with Gasteiger partial charge in [0.1, 0.15) is 0 Å². The van der Waals surface area contributed by atoms with Crippen molar-refractivity contribution in [2.45, 2.75) is 56.8 Å². The van der Waals surface area contributed by atoms with Gasteiger partial charge in [0.2, 0.25) is 0 Å². The molecule has 0 bridgehead atoms. The van der Waals surface area contributed by atoms with Crippen molar-refractivity contribution >= 4 is 0 Å². The van der Waals surface area contributed by atoms with Crippen molar-refractivity contribution in [3.8, 4) is 0 Å². The van der Waals surface area contributed by atoms with Crippen molar-refractivity contribution in [1.82, 2.24) is 14.7 Å². The first-order chi connectivity index (χ1) is 9.61. The summed E-state index contributed by atoms with van der Waals surface area (Å²) in [6, 6.07) is 0. The summed E-state index contributed by atoms with van der Waals surface area (Å²) in [5.74, 6) is 0.603. The zero-order valence-electron chi connectivity index (χ0n) is 12.2. The molecular weight excluding hydrogens is 254 g/mol. The number of hydrogen-bond acceptors (Lipinski definition) is 4. The molecule has 1 aliphatic carbocycles. The molecule has 3 rings (SSSR count). The summed E-state index contributed by atoms with van der Waals surface area (Å²) in [6.45, 7) is 2.08. The van der Waals surface area contributed by atoms with Gasteiger partial charge in [-0.25, -0.2) is 0 Å². The second kappa shape index (κ2) is 5.84. The fourth-order valence-corrected chi connectivity index (χ4v) is 3.72. The topological polar surface area (TPSA) is 61.5 Å². The molecule has 0 unspecified atom stereocenters. The minimum atomic E-state index is -0.412. The lowest BCUT2D eigenvalue weighted by Crippen LogP contribution is -2.45. The first-order valence-corrected chi connectivity index (χ1v) is 7.72. The summed E-state index contributed by atoms with van der Waals surface area (Å²) in [4.78, 5) is 2.15. The number of rotatable bonds is 3. The van der Waals surface area contributed by atoms with Crippen molar-refractivity contribution in [3.63, 3.8) is 0 Å². The Kier molecular flexibility index (Phi) is 4.10. The highest BCUT2D eigenvalue weighted by Crippen LogP contribution is 2.35. The smallest absolute Gasteiger partial charge is 0.0700 e. The molecule has 2 N–H and O–H groups in total. The Hall–Kier alpha value is -0.910. The van der Waals surface area contributed by atoms with Crippen molar-refractivity contribution in [2.75, 3.05) is 13.1 Å². The third kappa shape index (κ3) is 3.05. The lowest BCUT2D eigenvalue weighted by molar-refractivity contribution is -0.0111. The van der Waals surface area contributed by atoms with Gasteiger partial charge in [0, 0.05) is 50.8 Å². The largest absolute Gasteiger partial charge is 0.392 e. The second-order valence-corrected chi connectivity index (χ2v) is 6.43. The summed E-state index contributed by atoms with van der Waals surface area (Å²) in [7, 11) is 1.97. The Morgan fingerprint density at radius 3 is 2.50 bits per heavy atom. The number of nitrogens with zero attached hydrogens (tertiary/aromatic N) is 3. The van der Waals surface area contributed by atoms with Crippen LogP contribution >= 0.6 is 0 Å². The number of aliphatic hydroxyl groups excluding tert-OH is 2. The average Bonchev–Trinajstić information content (AvgIpc) is 2.97. The monoisotopic (exact) mass is 279 g/mol. The lowest BCUT2D eigenvalue weighted by atomic mass is 9.99. The number of aromatic nitrogens is 2. The minimum absolute atomic E-state index is 0.412. The van der Waals surface area contributed by atoms with Crippen LogP contribution in [0.5, 0.6) is 0 Å². The zero-order valence-corrected chi connectivity index (χ0v) is 12.2. The van der Waals surface area contributed by atoms with E-state index < -0.39 is 12.2 Å². The predicted octanol–water partition coefficient (Wildman–Crippen LogP) is 1.01. The fourth-order valence-electron chi connectivity index (χ4n) is 3.72. The van der Waals surface area contributed by atoms with Gasteiger partial charge in [0.25, 0.3) is 0 Å². The summed E-state index contributed by atoms with van der Waals surface area (Å²) >= 11 is 0. The van der Waals surface area contributed by atoms with E-state index in [0.29, 0.717) is 25.4 Å². The molecule has 2 aliphatic rings. The van der Waals surface area contributed by atoms with Gasteiger partial charge in [-0.15, -0.1) is 0 Å². The number of aryl methyl sites for hydroxylation is 1. The minimum Gasteiger partial charge on any atom is -0.392 e. The molecule has 0 spiro atoms. The van der Waals surface area contributed by atoms with Gasteiger partial charge in [-0.05, 0) is 12.8 Å². The summed E-state index contributed by atoms with van der Waals surface area (Å²) in [5.41, 5.74) is 2.50. The Labute approximate surface area is 120 Å². The van der Waals surface area contributed by atoms with Gasteiger partial charge in [-0.2, -0.15) is 5.10 Å². The maximum absolute atomic E-state index is 9.79. The first kappa shape index (κ1) is 14.0. The van der Waals surface area contributed by atoms with Crippen molar-refractivity contribution < 1.29 is 10.2 Å². The quantitative estimate of drug-likeness (QED) is 0.867. The third-order valence-electron chi connectivity index (χ3n) is 4.56. The number of hydrogen-bond donors (Lipinski definition) is 2. The summed E-state index contributed by atoms with van der Waals surface area (Å²) < 4.78 is 1.90. The molecule has 0 radical (unpaired) electrons. The number of likely N-dealkylation sites (tertiary alicyclic amines) is 1. The molecule has 5 nitrogen and oxygen atoms in total. The molecule has 112 valence electrons. The van der Waals surface area contributed by atoms with Crippen LogP contribution < -0.4 is 0 Å². The van der Waals surface area contributed by atoms with Crippen LogP contribution in [-0.4, -0.2) is 50.2 Å². The van der Waals surface area contributed by atoms with Gasteiger partial charge < -0.3 is 10.2 Å². The van der Waals surface area contributed by atoms with Crippen molar-refractivity contribution in [3.05, 3.63) is 17.5 Å². The van der Waals surface area contributed by atoms with E-state index in [1.165, 1.54) is 36.9 Å². The Morgan fingerprint density at radius 1 is 1.20 bits per heavy atom. The van der Waals surface area contributed by atoms with Crippen LogP contribution in [0.4, 0.5) is 0 Å². The second-order valence-electron chi connectivity index (χ2n) is 6.43. The molecule has 1 aliphatic heterocycles. The standard InChI is InChI=1S/C15H25N3O2/c1-17-7-12(15(16-17)11-4-2-3-5-11)8-18-9-13(19)6-14(20)10-18/h7,11,13-14,19-20H,2-6,8-10H2,1H3/t13-,14+. The SMILES string of the molecule is Cn1cc(CN2C[C@H](O)C[C@H](O)C2)c(C2CCCC2)n1. The van der Waals surface area contributed by atoms with Crippen molar-refractivity contribution in [1.29, 1.82) is 0 Å². The summed E-state index contributed by atoms with van der Waals surface area (Å²) in [6.07, 6.45) is 6.88. The van der Waals surface area contributed by atoms with E-state index in [0.717, 1.165) is 6.54 Å². The normalized spacial score (nSPS) is 29.1. The average molecular weight is 279 g/mol. The van der Waals surface area contributed by atoms with Gasteiger partial charge in [-0.3, -0.25) is 9.58 Å². The van der Waals surface area contributed by atoms with E-state index in [2.05, 4.69) is 16.2 Å². The molecule has 1 saturated carbocycles. The van der Waals surface area contributed by atoms with Crippen LogP contribution in [0.25, 0.3) is 0 Å². The highest BCUT2D eigenvalue weighted by Gasteiger charge is 2.27. The Balaban J connectivity index is 1.73. The highest BCUT2D eigenvalue weighted by molar-refractivity contribution is 5.22. The van der Waals surface area contributed by atoms with Gasteiger partial charge in [0.05, 0.1) is 17.9 Å². The third-order valence-corrected chi connectivity index (χ3v) is 4.56. The zero-order chi connectivity index (χ0) is 14.1. The van der Waals surface area contributed by atoms with Gasteiger partial charge in [-0.1, -0.05) is 12.8 Å². The van der Waals surface area contributed by atoms with E-state index in [-0.39, 0.29) is 0 Å². The van der Waals surface area contributed by atoms with Crippen LogP contribution in [-0.2, 0) is 13.6 Å². The predicted molar refractivity (Wildman–Crippen MR) is 76.3 cm³/mol. The van der Waals surface area contributed by atoms with Gasteiger partial charge in [0.15, 0.2) is 0 Å². The number of aliphatic hydroxyl groups is 2. The van der Waals surface area contributed by atoms with Crippen LogP contribution in [0, 0.1) is 0 Å². The molecule has 20 heavy (non-hydrogen) atoms. The molecule has 5 heteroatoms. The molecule has 1 aromatic heterocycles. The van der Waals surface area contributed by atoms with E-state index in [1.54, 1.807) is 0 Å².